The van der Waals surface area contributed by atoms with Crippen molar-refractivity contribution in [3.8, 4) is 0 Å². The molecule has 14 heavy (non-hydrogen) atoms. The highest BCUT2D eigenvalue weighted by Crippen LogP contribution is 2.33. The summed E-state index contributed by atoms with van der Waals surface area (Å²) in [5.41, 5.74) is 5.23. The molecule has 2 N–H and O–H groups in total. The highest BCUT2D eigenvalue weighted by Gasteiger charge is 2.48. The fourth-order valence-corrected chi connectivity index (χ4v) is 0.649. The van der Waals surface area contributed by atoms with Crippen molar-refractivity contribution >= 4 is 0 Å². The van der Waals surface area contributed by atoms with E-state index in [2.05, 4.69) is 14.7 Å². The molecule has 1 rings (SSSR count). The second-order valence-electron chi connectivity index (χ2n) is 2.67. The molecule has 1 aromatic rings. The monoisotopic (exact) mass is 213 g/mol. The molecule has 1 atom stereocenters. The lowest BCUT2D eigenvalue weighted by molar-refractivity contribution is -0.152. The molecule has 1 unspecified atom stereocenters. The van der Waals surface area contributed by atoms with Crippen molar-refractivity contribution < 1.29 is 22.1 Å². The maximum absolute atomic E-state index is 12.6. The third kappa shape index (κ3) is 1.84. The van der Waals surface area contributed by atoms with Crippen LogP contribution < -0.4 is 5.73 Å². The number of hydrogen-bond donors (Lipinski definition) is 1. The highest BCUT2D eigenvalue weighted by molar-refractivity contribution is 4.97. The summed E-state index contributed by atoms with van der Waals surface area (Å²) in [7, 11) is 0. The Morgan fingerprint density at radius 2 is 2.00 bits per heavy atom. The number of alkyl halides is 4. The maximum Gasteiger partial charge on any atom is 0.383 e. The van der Waals surface area contributed by atoms with Gasteiger partial charge in [0.15, 0.2) is 5.82 Å². The smallest absolute Gasteiger partial charge is 0.332 e. The largest absolute Gasteiger partial charge is 0.383 e. The van der Waals surface area contributed by atoms with E-state index in [4.69, 9.17) is 5.73 Å². The molecule has 0 aliphatic rings. The first-order valence-corrected chi connectivity index (χ1v) is 3.61. The van der Waals surface area contributed by atoms with Gasteiger partial charge in [-0.3, -0.25) is 0 Å². The van der Waals surface area contributed by atoms with Gasteiger partial charge in [0.25, 0.3) is 0 Å². The third-order valence-electron chi connectivity index (χ3n) is 1.41. The van der Waals surface area contributed by atoms with Crippen LogP contribution in [0.15, 0.2) is 4.52 Å². The van der Waals surface area contributed by atoms with Crippen LogP contribution in [-0.2, 0) is 5.92 Å². The molecular formula is C6H7F4N3O. The summed E-state index contributed by atoms with van der Waals surface area (Å²) < 4.78 is 52.7. The number of rotatable bonds is 3. The Morgan fingerprint density at radius 3 is 2.36 bits per heavy atom. The molecule has 80 valence electrons. The zero-order valence-corrected chi connectivity index (χ0v) is 7.05. The molecular weight excluding hydrogens is 206 g/mol. The second-order valence-corrected chi connectivity index (χ2v) is 2.67. The van der Waals surface area contributed by atoms with Gasteiger partial charge >= 0.3 is 18.2 Å². The van der Waals surface area contributed by atoms with E-state index in [0.717, 1.165) is 0 Å². The molecule has 4 nitrogen and oxygen atoms in total. The third-order valence-corrected chi connectivity index (χ3v) is 1.41. The number of aromatic nitrogens is 2. The van der Waals surface area contributed by atoms with Crippen LogP contribution in [0, 0.1) is 0 Å². The van der Waals surface area contributed by atoms with Crippen molar-refractivity contribution in [3.63, 3.8) is 0 Å². The number of halogens is 4. The molecule has 0 aromatic carbocycles. The van der Waals surface area contributed by atoms with Gasteiger partial charge in [0.05, 0.1) is 6.04 Å². The summed E-state index contributed by atoms with van der Waals surface area (Å²) in [6, 6.07) is -0.749. The summed E-state index contributed by atoms with van der Waals surface area (Å²) in [5.74, 6) is -6.08. The first kappa shape index (κ1) is 10.9. The molecule has 0 saturated carbocycles. The lowest BCUT2D eigenvalue weighted by atomic mass is 10.3. The van der Waals surface area contributed by atoms with Crippen molar-refractivity contribution in [1.29, 1.82) is 0 Å². The highest BCUT2D eigenvalue weighted by atomic mass is 19.3. The lowest BCUT2D eigenvalue weighted by Crippen LogP contribution is -2.24. The van der Waals surface area contributed by atoms with Gasteiger partial charge < -0.3 is 10.3 Å². The predicted octanol–water partition coefficient (Wildman–Crippen LogP) is 1.45. The minimum Gasteiger partial charge on any atom is -0.332 e. The number of nitrogens with zero attached hydrogens (tertiary/aromatic N) is 2. The number of nitrogens with two attached hydrogens (primary N) is 1. The van der Waals surface area contributed by atoms with E-state index in [1.54, 1.807) is 0 Å². The van der Waals surface area contributed by atoms with Gasteiger partial charge in [-0.25, -0.2) is 8.78 Å². The Labute approximate surface area is 76.1 Å². The Morgan fingerprint density at radius 1 is 1.43 bits per heavy atom. The van der Waals surface area contributed by atoms with Crippen LogP contribution in [0.4, 0.5) is 17.6 Å². The van der Waals surface area contributed by atoms with Gasteiger partial charge in [-0.2, -0.15) is 13.8 Å². The van der Waals surface area contributed by atoms with Crippen LogP contribution in [0.3, 0.4) is 0 Å². The van der Waals surface area contributed by atoms with E-state index < -0.39 is 24.3 Å². The zero-order chi connectivity index (χ0) is 10.9. The van der Waals surface area contributed by atoms with Crippen LogP contribution in [-0.4, -0.2) is 16.6 Å². The fourth-order valence-electron chi connectivity index (χ4n) is 0.649. The molecule has 0 amide bonds. The number of hydrogen-bond acceptors (Lipinski definition) is 4. The molecule has 1 heterocycles. The van der Waals surface area contributed by atoms with E-state index >= 15 is 0 Å². The van der Waals surface area contributed by atoms with Crippen molar-refractivity contribution in [2.75, 3.05) is 0 Å². The average molecular weight is 213 g/mol. The van der Waals surface area contributed by atoms with Crippen molar-refractivity contribution in [2.45, 2.75) is 25.3 Å². The van der Waals surface area contributed by atoms with Crippen LogP contribution in [0.1, 0.15) is 24.7 Å². The molecule has 0 spiro atoms. The Balaban J connectivity index is 2.97. The quantitative estimate of drug-likeness (QED) is 0.771. The minimum absolute atomic E-state index is 0.236. The Kier molecular flexibility index (Phi) is 2.74. The predicted molar refractivity (Wildman–Crippen MR) is 36.8 cm³/mol. The molecule has 1 aromatic heterocycles. The summed E-state index contributed by atoms with van der Waals surface area (Å²) in [4.78, 5) is 3.07. The van der Waals surface area contributed by atoms with Crippen LogP contribution in [0.5, 0.6) is 0 Å². The van der Waals surface area contributed by atoms with Crippen LogP contribution in [0.25, 0.3) is 0 Å². The molecule has 0 aliphatic heterocycles. The minimum atomic E-state index is -4.43. The normalized spacial score (nSPS) is 14.8. The first-order valence-electron chi connectivity index (χ1n) is 3.61. The van der Waals surface area contributed by atoms with E-state index in [1.165, 1.54) is 6.92 Å². The maximum atomic E-state index is 12.6. The van der Waals surface area contributed by atoms with Crippen LogP contribution in [0.2, 0.25) is 0 Å². The second kappa shape index (κ2) is 3.52. The van der Waals surface area contributed by atoms with Gasteiger partial charge in [0.1, 0.15) is 0 Å². The summed E-state index contributed by atoms with van der Waals surface area (Å²) in [6.07, 6.45) is -3.89. The van der Waals surface area contributed by atoms with E-state index in [9.17, 15) is 17.6 Å². The van der Waals surface area contributed by atoms with Gasteiger partial charge in [-0.05, 0) is 6.92 Å². The Hall–Kier alpha value is -1.18. The van der Waals surface area contributed by atoms with Crippen molar-refractivity contribution in [2.24, 2.45) is 5.73 Å². The standard InChI is InChI=1S/C6H7F4N3O/c1-2(11)3-12-5(14-13-3)6(9,10)4(7)8/h2,4H,11H2,1H3. The van der Waals surface area contributed by atoms with Gasteiger partial charge in [0.2, 0.25) is 0 Å². The molecule has 0 aliphatic carbocycles. The molecule has 0 saturated heterocycles. The van der Waals surface area contributed by atoms with E-state index in [-0.39, 0.29) is 5.82 Å². The van der Waals surface area contributed by atoms with E-state index in [0.29, 0.717) is 0 Å². The van der Waals surface area contributed by atoms with E-state index in [1.807, 2.05) is 0 Å². The van der Waals surface area contributed by atoms with Crippen molar-refractivity contribution in [3.05, 3.63) is 11.7 Å². The van der Waals surface area contributed by atoms with Gasteiger partial charge in [-0.15, -0.1) is 0 Å². The van der Waals surface area contributed by atoms with Crippen LogP contribution >= 0.6 is 0 Å². The van der Waals surface area contributed by atoms with Crippen molar-refractivity contribution in [1.82, 2.24) is 10.1 Å². The molecule has 8 heteroatoms. The summed E-state index contributed by atoms with van der Waals surface area (Å²) >= 11 is 0. The molecule has 0 radical (unpaired) electrons. The van der Waals surface area contributed by atoms with Gasteiger partial charge in [0, 0.05) is 0 Å². The summed E-state index contributed by atoms with van der Waals surface area (Å²) in [6.45, 7) is 1.41. The lowest BCUT2D eigenvalue weighted by Gasteiger charge is -2.08. The fraction of sp³-hybridized carbons (Fsp3) is 0.667. The Bertz CT molecular complexity index is 312. The summed E-state index contributed by atoms with van der Waals surface area (Å²) in [5, 5.41) is 3.04. The topological polar surface area (TPSA) is 64.9 Å². The SMILES string of the molecule is CC(N)c1noc(C(F)(F)C(F)F)n1. The average Bonchev–Trinajstić information content (AvgIpc) is 2.51. The molecule has 0 bridgehead atoms. The van der Waals surface area contributed by atoms with Gasteiger partial charge in [-0.1, -0.05) is 5.16 Å². The molecule has 0 fully saturated rings. The zero-order valence-electron chi connectivity index (χ0n) is 7.05. The first-order chi connectivity index (χ1) is 6.35.